The van der Waals surface area contributed by atoms with Gasteiger partial charge in [0.2, 0.25) is 0 Å². The zero-order valence-electron chi connectivity index (χ0n) is 19.5. The van der Waals surface area contributed by atoms with Gasteiger partial charge >= 0.3 is 0 Å². The van der Waals surface area contributed by atoms with E-state index in [4.69, 9.17) is 19.2 Å². The Balaban J connectivity index is 0.00000363. The average Bonchev–Trinajstić information content (AvgIpc) is 3.23. The molecule has 3 rings (SSSR count). The molecule has 2 heterocycles. The van der Waals surface area contributed by atoms with E-state index in [-0.39, 0.29) is 30.0 Å². The van der Waals surface area contributed by atoms with Crippen LogP contribution < -0.4 is 20.1 Å². The molecule has 0 radical (unpaired) electrons. The summed E-state index contributed by atoms with van der Waals surface area (Å²) in [4.78, 5) is 7.21. The van der Waals surface area contributed by atoms with E-state index in [0.29, 0.717) is 6.54 Å². The van der Waals surface area contributed by atoms with E-state index in [1.54, 1.807) is 14.2 Å². The number of benzene rings is 1. The van der Waals surface area contributed by atoms with Crippen LogP contribution in [0.1, 0.15) is 24.1 Å². The fourth-order valence-corrected chi connectivity index (χ4v) is 3.77. The quantitative estimate of drug-likeness (QED) is 0.281. The van der Waals surface area contributed by atoms with E-state index in [1.165, 1.54) is 11.1 Å². The molecule has 0 aliphatic carbocycles. The summed E-state index contributed by atoms with van der Waals surface area (Å²) in [7, 11) is 5.35. The minimum Gasteiger partial charge on any atom is -0.493 e. The molecule has 9 heteroatoms. The van der Waals surface area contributed by atoms with Crippen molar-refractivity contribution in [3.8, 4) is 11.5 Å². The Kier molecular flexibility index (Phi) is 11.1. The van der Waals surface area contributed by atoms with Crippen LogP contribution in [0, 0.1) is 0 Å². The van der Waals surface area contributed by atoms with Crippen LogP contribution >= 0.6 is 24.0 Å². The van der Waals surface area contributed by atoms with E-state index in [1.807, 2.05) is 23.9 Å². The lowest BCUT2D eigenvalue weighted by Gasteiger charge is -2.35. The molecule has 0 spiro atoms. The number of methoxy groups -OCH3 is 2. The maximum atomic E-state index is 5.58. The van der Waals surface area contributed by atoms with Crippen LogP contribution in [-0.4, -0.2) is 69.0 Å². The number of nitrogens with one attached hydrogen (secondary N) is 2. The molecule has 1 aliphatic heterocycles. The van der Waals surface area contributed by atoms with Crippen molar-refractivity contribution in [3.63, 3.8) is 0 Å². The molecule has 1 atom stereocenters. The Morgan fingerprint density at radius 1 is 1.12 bits per heavy atom. The number of morpholine rings is 1. The van der Waals surface area contributed by atoms with Gasteiger partial charge in [0.1, 0.15) is 0 Å². The molecule has 2 aromatic rings. The average molecular weight is 557 g/mol. The highest BCUT2D eigenvalue weighted by molar-refractivity contribution is 14.0. The number of nitrogens with zero attached hydrogens (tertiary/aromatic N) is 3. The van der Waals surface area contributed by atoms with Crippen LogP contribution in [0.25, 0.3) is 0 Å². The summed E-state index contributed by atoms with van der Waals surface area (Å²) in [6.45, 7) is 7.49. The third kappa shape index (κ3) is 7.28. The summed E-state index contributed by atoms with van der Waals surface area (Å²) >= 11 is 0. The third-order valence-electron chi connectivity index (χ3n) is 5.40. The monoisotopic (exact) mass is 557 g/mol. The zero-order valence-corrected chi connectivity index (χ0v) is 21.8. The van der Waals surface area contributed by atoms with Crippen LogP contribution in [0.4, 0.5) is 0 Å². The first-order valence-corrected chi connectivity index (χ1v) is 10.8. The fraction of sp³-hybridized carbons (Fsp3) is 0.522. The molecule has 1 aromatic heterocycles. The summed E-state index contributed by atoms with van der Waals surface area (Å²) in [6, 6.07) is 8.39. The lowest BCUT2D eigenvalue weighted by molar-refractivity contribution is 0.0169. The lowest BCUT2D eigenvalue weighted by atomic mass is 10.0. The van der Waals surface area contributed by atoms with Crippen molar-refractivity contribution in [2.45, 2.75) is 19.5 Å². The molecule has 32 heavy (non-hydrogen) atoms. The smallest absolute Gasteiger partial charge is 0.191 e. The number of aliphatic imine (C=N–C) groups is 1. The molecule has 178 valence electrons. The van der Waals surface area contributed by atoms with Gasteiger partial charge in [-0.25, -0.2) is 4.99 Å². The maximum Gasteiger partial charge on any atom is 0.191 e. The predicted molar refractivity (Wildman–Crippen MR) is 138 cm³/mol. The molecular formula is C23H36IN5O3. The summed E-state index contributed by atoms with van der Waals surface area (Å²) < 4.78 is 18.6. The SMILES string of the molecule is CCNC(=NCc1ccn(C)c1)NCC(c1ccc(OC)c(OC)c1)N1CCOCC1.I. The van der Waals surface area contributed by atoms with Crippen molar-refractivity contribution in [1.29, 1.82) is 0 Å². The largest absolute Gasteiger partial charge is 0.493 e. The zero-order chi connectivity index (χ0) is 22.1. The Hall–Kier alpha value is -1.98. The second-order valence-corrected chi connectivity index (χ2v) is 7.54. The normalized spacial score (nSPS) is 15.6. The van der Waals surface area contributed by atoms with E-state index in [9.17, 15) is 0 Å². The molecule has 1 aliphatic rings. The Bertz CT molecular complexity index is 852. The molecule has 1 unspecified atom stereocenters. The van der Waals surface area contributed by atoms with Crippen LogP contribution in [0.15, 0.2) is 41.7 Å². The van der Waals surface area contributed by atoms with Gasteiger partial charge in [-0.2, -0.15) is 0 Å². The molecule has 0 saturated carbocycles. The molecular weight excluding hydrogens is 521 g/mol. The second-order valence-electron chi connectivity index (χ2n) is 7.54. The first-order chi connectivity index (χ1) is 15.1. The number of rotatable bonds is 9. The molecule has 0 bridgehead atoms. The van der Waals surface area contributed by atoms with Crippen molar-refractivity contribution >= 4 is 29.9 Å². The van der Waals surface area contributed by atoms with Crippen molar-refractivity contribution < 1.29 is 14.2 Å². The summed E-state index contributed by atoms with van der Waals surface area (Å²) in [5, 5.41) is 6.89. The standard InChI is InChI=1S/C23H35N5O3.HI/c1-5-24-23(25-15-18-8-9-27(2)17-18)26-16-20(28-10-12-31-13-11-28)19-6-7-21(29-3)22(14-19)30-4;/h6-9,14,17,20H,5,10-13,15-16H2,1-4H3,(H2,24,25,26);1H. The lowest BCUT2D eigenvalue weighted by Crippen LogP contribution is -2.46. The Labute approximate surface area is 208 Å². The minimum absolute atomic E-state index is 0. The van der Waals surface area contributed by atoms with E-state index in [0.717, 1.165) is 56.9 Å². The molecule has 8 nitrogen and oxygen atoms in total. The number of hydrogen-bond acceptors (Lipinski definition) is 5. The molecule has 1 fully saturated rings. The van der Waals surface area contributed by atoms with E-state index < -0.39 is 0 Å². The van der Waals surface area contributed by atoms with Crippen molar-refractivity contribution in [2.24, 2.45) is 12.0 Å². The van der Waals surface area contributed by atoms with Gasteiger partial charge in [0.15, 0.2) is 17.5 Å². The van der Waals surface area contributed by atoms with Crippen molar-refractivity contribution in [1.82, 2.24) is 20.1 Å². The number of halogens is 1. The summed E-state index contributed by atoms with van der Waals surface area (Å²) in [5.74, 6) is 2.28. The maximum absolute atomic E-state index is 5.58. The Morgan fingerprint density at radius 2 is 1.88 bits per heavy atom. The number of aromatic nitrogens is 1. The second kappa shape index (κ2) is 13.5. The first-order valence-electron chi connectivity index (χ1n) is 10.8. The molecule has 0 amide bonds. The minimum atomic E-state index is 0. The van der Waals surface area contributed by atoms with Gasteiger partial charge in [-0.15, -0.1) is 24.0 Å². The number of guanidine groups is 1. The topological polar surface area (TPSA) is 72.3 Å². The van der Waals surface area contributed by atoms with Crippen LogP contribution in [0.2, 0.25) is 0 Å². The molecule has 2 N–H and O–H groups in total. The third-order valence-corrected chi connectivity index (χ3v) is 5.40. The predicted octanol–water partition coefficient (Wildman–Crippen LogP) is 2.79. The van der Waals surface area contributed by atoms with Crippen molar-refractivity contribution in [3.05, 3.63) is 47.8 Å². The van der Waals surface area contributed by atoms with Crippen molar-refractivity contribution in [2.75, 3.05) is 53.6 Å². The highest BCUT2D eigenvalue weighted by atomic mass is 127. The fourth-order valence-electron chi connectivity index (χ4n) is 3.77. The van der Waals surface area contributed by atoms with Gasteiger partial charge in [-0.3, -0.25) is 4.90 Å². The van der Waals surface area contributed by atoms with E-state index >= 15 is 0 Å². The first kappa shape index (κ1) is 26.3. The van der Waals surface area contributed by atoms with Gasteiger partial charge in [-0.05, 0) is 36.2 Å². The highest BCUT2D eigenvalue weighted by Crippen LogP contribution is 2.32. The van der Waals surface area contributed by atoms with E-state index in [2.05, 4.69) is 46.9 Å². The molecule has 1 aromatic carbocycles. The van der Waals surface area contributed by atoms with Gasteiger partial charge in [0, 0.05) is 45.6 Å². The highest BCUT2D eigenvalue weighted by Gasteiger charge is 2.24. The summed E-state index contributed by atoms with van der Waals surface area (Å²) in [6.07, 6.45) is 4.13. The van der Waals surface area contributed by atoms with Crippen LogP contribution in [0.5, 0.6) is 11.5 Å². The molecule has 1 saturated heterocycles. The van der Waals surface area contributed by atoms with Crippen LogP contribution in [-0.2, 0) is 18.3 Å². The number of aryl methyl sites for hydroxylation is 1. The Morgan fingerprint density at radius 3 is 2.50 bits per heavy atom. The number of ether oxygens (including phenoxy) is 3. The van der Waals surface area contributed by atoms with Gasteiger partial charge in [0.05, 0.1) is 40.0 Å². The number of hydrogen-bond donors (Lipinski definition) is 2. The van der Waals surface area contributed by atoms with Gasteiger partial charge in [-0.1, -0.05) is 6.07 Å². The van der Waals surface area contributed by atoms with Crippen LogP contribution in [0.3, 0.4) is 0 Å². The van der Waals surface area contributed by atoms with Gasteiger partial charge < -0.3 is 29.4 Å². The summed E-state index contributed by atoms with van der Waals surface area (Å²) in [5.41, 5.74) is 2.36. The van der Waals surface area contributed by atoms with Gasteiger partial charge in [0.25, 0.3) is 0 Å².